The van der Waals surface area contributed by atoms with E-state index in [1.54, 1.807) is 0 Å². The van der Waals surface area contributed by atoms with Crippen molar-refractivity contribution in [3.05, 3.63) is 29.8 Å². The van der Waals surface area contributed by atoms with Crippen LogP contribution in [0, 0.1) is 0 Å². The lowest BCUT2D eigenvalue weighted by atomic mass is 9.82. The lowest BCUT2D eigenvalue weighted by molar-refractivity contribution is -0.00779. The first-order valence-electron chi connectivity index (χ1n) is 9.75. The van der Waals surface area contributed by atoms with Crippen LogP contribution in [0.1, 0.15) is 32.8 Å². The number of benzene rings is 1. The van der Waals surface area contributed by atoms with Crippen molar-refractivity contribution in [2.24, 2.45) is 0 Å². The Bertz CT molecular complexity index is 460. The monoisotopic (exact) mass is 384 g/mol. The smallest absolute Gasteiger partial charge is 0.119 e. The largest absolute Gasteiger partial charge is 0.491 e. The third kappa shape index (κ3) is 11.3. The van der Waals surface area contributed by atoms with Crippen molar-refractivity contribution in [1.82, 2.24) is 0 Å². The summed E-state index contributed by atoms with van der Waals surface area (Å²) in [6.45, 7) is 11.3. The summed E-state index contributed by atoms with van der Waals surface area (Å²) in [5.41, 5.74) is 1.52. The van der Waals surface area contributed by atoms with E-state index in [0.29, 0.717) is 59.5 Å². The molecule has 0 saturated heterocycles. The molecule has 0 aliphatic rings. The predicted octanol–water partition coefficient (Wildman–Crippen LogP) is 2.81. The van der Waals surface area contributed by atoms with Crippen molar-refractivity contribution in [1.29, 1.82) is 0 Å². The second-order valence-electron chi connectivity index (χ2n) is 6.78. The van der Waals surface area contributed by atoms with Gasteiger partial charge in [0.1, 0.15) is 12.4 Å². The zero-order valence-electron chi connectivity index (χ0n) is 17.1. The number of aliphatic hydroxyl groups is 1. The van der Waals surface area contributed by atoms with Gasteiger partial charge in [-0.25, -0.2) is 0 Å². The Morgan fingerprint density at radius 1 is 0.704 bits per heavy atom. The lowest BCUT2D eigenvalue weighted by Gasteiger charge is -2.23. The average Bonchev–Trinajstić information content (AvgIpc) is 2.68. The maximum absolute atomic E-state index is 8.54. The summed E-state index contributed by atoms with van der Waals surface area (Å²) in [6, 6.07) is 8.30. The Balaban J connectivity index is 1.93. The molecule has 156 valence electrons. The summed E-state index contributed by atoms with van der Waals surface area (Å²) in [5.74, 6) is 0.866. The number of hydrogen-bond acceptors (Lipinski definition) is 6. The maximum atomic E-state index is 8.54. The van der Waals surface area contributed by atoms with Crippen LogP contribution < -0.4 is 4.74 Å². The molecule has 0 amide bonds. The fraction of sp³-hybridized carbons (Fsp3) is 0.714. The number of ether oxygens (including phenoxy) is 5. The molecule has 0 aliphatic heterocycles. The van der Waals surface area contributed by atoms with E-state index in [-0.39, 0.29) is 12.0 Å². The summed E-state index contributed by atoms with van der Waals surface area (Å²) in [5, 5.41) is 8.54. The van der Waals surface area contributed by atoms with Gasteiger partial charge in [-0.2, -0.15) is 0 Å². The molecule has 0 saturated carbocycles. The van der Waals surface area contributed by atoms with Crippen molar-refractivity contribution in [2.45, 2.75) is 32.6 Å². The van der Waals surface area contributed by atoms with Crippen LogP contribution in [0.4, 0.5) is 0 Å². The average molecular weight is 385 g/mol. The summed E-state index contributed by atoms with van der Waals surface area (Å²) < 4.78 is 27.0. The van der Waals surface area contributed by atoms with Crippen molar-refractivity contribution >= 4 is 0 Å². The minimum atomic E-state index is 0.0394. The molecule has 0 bridgehead atoms. The Kier molecular flexibility index (Phi) is 13.1. The van der Waals surface area contributed by atoms with Gasteiger partial charge in [0.2, 0.25) is 0 Å². The summed E-state index contributed by atoms with van der Waals surface area (Å²) >= 11 is 0. The van der Waals surface area contributed by atoms with Gasteiger partial charge >= 0.3 is 0 Å². The first-order valence-corrected chi connectivity index (χ1v) is 9.75. The van der Waals surface area contributed by atoms with Gasteiger partial charge in [0, 0.05) is 0 Å². The summed E-state index contributed by atoms with van der Waals surface area (Å²) in [6.07, 6.45) is 1.11. The maximum Gasteiger partial charge on any atom is 0.119 e. The molecule has 0 aliphatic carbocycles. The van der Waals surface area contributed by atoms with Crippen molar-refractivity contribution < 1.29 is 28.8 Å². The molecule has 1 rings (SSSR count). The minimum absolute atomic E-state index is 0.0394. The Hall–Kier alpha value is -1.18. The van der Waals surface area contributed by atoms with Crippen LogP contribution >= 0.6 is 0 Å². The van der Waals surface area contributed by atoms with Crippen LogP contribution in [0.5, 0.6) is 5.75 Å². The molecule has 0 atom stereocenters. The van der Waals surface area contributed by atoms with Gasteiger partial charge in [0.25, 0.3) is 0 Å². The van der Waals surface area contributed by atoms with Gasteiger partial charge in [-0.15, -0.1) is 0 Å². The highest BCUT2D eigenvalue weighted by Gasteiger charge is 2.17. The van der Waals surface area contributed by atoms with Gasteiger partial charge in [0.15, 0.2) is 0 Å². The van der Waals surface area contributed by atoms with Crippen LogP contribution in [-0.4, -0.2) is 71.2 Å². The molecular weight excluding hydrogens is 348 g/mol. The van der Waals surface area contributed by atoms with Crippen LogP contribution in [0.3, 0.4) is 0 Å². The fourth-order valence-corrected chi connectivity index (χ4v) is 2.25. The van der Waals surface area contributed by atoms with E-state index in [9.17, 15) is 0 Å². The number of hydrogen-bond donors (Lipinski definition) is 1. The molecule has 0 unspecified atom stereocenters. The molecule has 0 spiro atoms. The highest BCUT2D eigenvalue weighted by Crippen LogP contribution is 2.27. The van der Waals surface area contributed by atoms with Gasteiger partial charge in [0.05, 0.1) is 59.5 Å². The minimum Gasteiger partial charge on any atom is -0.491 e. The summed E-state index contributed by atoms with van der Waals surface area (Å²) in [4.78, 5) is 0. The molecular formula is C21H36O6. The highest BCUT2D eigenvalue weighted by atomic mass is 16.6. The Labute approximate surface area is 163 Å². The van der Waals surface area contributed by atoms with Crippen LogP contribution in [-0.2, 0) is 24.4 Å². The van der Waals surface area contributed by atoms with E-state index in [4.69, 9.17) is 28.8 Å². The topological polar surface area (TPSA) is 66.4 Å². The van der Waals surface area contributed by atoms with Crippen LogP contribution in [0.2, 0.25) is 0 Å². The molecule has 27 heavy (non-hydrogen) atoms. The van der Waals surface area contributed by atoms with E-state index in [2.05, 4.69) is 32.9 Å². The normalized spacial score (nSPS) is 11.7. The molecule has 0 radical (unpaired) electrons. The van der Waals surface area contributed by atoms with Crippen molar-refractivity contribution in [3.63, 3.8) is 0 Å². The van der Waals surface area contributed by atoms with Crippen molar-refractivity contribution in [2.75, 3.05) is 66.1 Å². The zero-order chi connectivity index (χ0) is 19.8. The Morgan fingerprint density at radius 3 is 1.59 bits per heavy atom. The highest BCUT2D eigenvalue weighted by molar-refractivity contribution is 5.31. The van der Waals surface area contributed by atoms with Gasteiger partial charge in [-0.1, -0.05) is 32.9 Å². The number of aliphatic hydroxyl groups excluding tert-OH is 1. The molecule has 0 aromatic heterocycles. The Morgan fingerprint density at radius 2 is 1.15 bits per heavy atom. The molecule has 1 aromatic carbocycles. The second kappa shape index (κ2) is 14.8. The molecule has 1 aromatic rings. The van der Waals surface area contributed by atoms with Gasteiger partial charge in [-0.3, -0.25) is 0 Å². The van der Waals surface area contributed by atoms with Crippen LogP contribution in [0.25, 0.3) is 0 Å². The van der Waals surface area contributed by atoms with E-state index in [0.717, 1.165) is 12.2 Å². The molecule has 6 heteroatoms. The molecule has 6 nitrogen and oxygen atoms in total. The van der Waals surface area contributed by atoms with E-state index >= 15 is 0 Å². The third-order valence-corrected chi connectivity index (χ3v) is 4.37. The summed E-state index contributed by atoms with van der Waals surface area (Å²) in [7, 11) is 0. The zero-order valence-corrected chi connectivity index (χ0v) is 17.1. The molecule has 0 heterocycles. The van der Waals surface area contributed by atoms with Crippen molar-refractivity contribution in [3.8, 4) is 5.75 Å². The number of rotatable bonds is 17. The SMILES string of the molecule is CCC(C)(C)c1ccc(OCCOCCOCCOCCOCCO)cc1. The van der Waals surface area contributed by atoms with E-state index in [1.165, 1.54) is 5.56 Å². The fourth-order valence-electron chi connectivity index (χ4n) is 2.25. The first-order chi connectivity index (χ1) is 13.1. The van der Waals surface area contributed by atoms with Gasteiger partial charge < -0.3 is 28.8 Å². The standard InChI is InChI=1S/C21H36O6/c1-4-21(2,3)19-5-7-20(8-6-19)27-18-17-26-16-15-25-14-13-24-12-11-23-10-9-22/h5-8,22H,4,9-18H2,1-3H3. The van der Waals surface area contributed by atoms with E-state index < -0.39 is 0 Å². The first kappa shape index (κ1) is 23.9. The molecule has 0 fully saturated rings. The third-order valence-electron chi connectivity index (χ3n) is 4.37. The van der Waals surface area contributed by atoms with Gasteiger partial charge in [-0.05, 0) is 29.5 Å². The molecule has 1 N–H and O–H groups in total. The predicted molar refractivity (Wildman–Crippen MR) is 106 cm³/mol. The van der Waals surface area contributed by atoms with E-state index in [1.807, 2.05) is 12.1 Å². The quantitative estimate of drug-likeness (QED) is 0.417. The second-order valence-corrected chi connectivity index (χ2v) is 6.78. The van der Waals surface area contributed by atoms with Crippen LogP contribution in [0.15, 0.2) is 24.3 Å². The lowest BCUT2D eigenvalue weighted by Crippen LogP contribution is -2.15.